The molecular formula is C17H28N2O2. The van der Waals surface area contributed by atoms with Gasteiger partial charge in [-0.2, -0.15) is 0 Å². The van der Waals surface area contributed by atoms with Gasteiger partial charge in [0.05, 0.1) is 0 Å². The molecule has 0 aromatic heterocycles. The van der Waals surface area contributed by atoms with E-state index in [2.05, 4.69) is 43.1 Å². The van der Waals surface area contributed by atoms with Crippen LogP contribution in [0, 0.1) is 5.92 Å². The first-order chi connectivity index (χ1) is 10.2. The van der Waals surface area contributed by atoms with Gasteiger partial charge in [0.15, 0.2) is 11.5 Å². The highest BCUT2D eigenvalue weighted by Crippen LogP contribution is 2.34. The first kappa shape index (κ1) is 16.1. The van der Waals surface area contributed by atoms with Crippen LogP contribution in [0.2, 0.25) is 0 Å². The number of rotatable bonds is 8. The lowest BCUT2D eigenvalue weighted by Crippen LogP contribution is -2.36. The Balaban J connectivity index is 2.04. The molecule has 0 fully saturated rings. The van der Waals surface area contributed by atoms with Crippen LogP contribution in [0.4, 0.5) is 0 Å². The number of hydrogen-bond donors (Lipinski definition) is 1. The first-order valence-corrected chi connectivity index (χ1v) is 7.97. The van der Waals surface area contributed by atoms with Crippen molar-refractivity contribution >= 4 is 0 Å². The van der Waals surface area contributed by atoms with Crippen LogP contribution in [0.15, 0.2) is 18.2 Å². The molecule has 0 spiro atoms. The van der Waals surface area contributed by atoms with Gasteiger partial charge in [0.2, 0.25) is 6.79 Å². The maximum atomic E-state index is 5.48. The summed E-state index contributed by atoms with van der Waals surface area (Å²) in [7, 11) is 2.02. The van der Waals surface area contributed by atoms with Gasteiger partial charge in [0.25, 0.3) is 0 Å². The molecule has 0 amide bonds. The fourth-order valence-corrected chi connectivity index (χ4v) is 2.65. The second-order valence-corrected chi connectivity index (χ2v) is 5.82. The zero-order valence-electron chi connectivity index (χ0n) is 13.7. The third-order valence-electron chi connectivity index (χ3n) is 4.30. The van der Waals surface area contributed by atoms with Gasteiger partial charge in [-0.05, 0) is 37.2 Å². The number of benzene rings is 1. The summed E-state index contributed by atoms with van der Waals surface area (Å²) in [6.07, 6.45) is 1.23. The van der Waals surface area contributed by atoms with Crippen LogP contribution < -0.4 is 14.8 Å². The molecule has 0 bridgehead atoms. The number of likely N-dealkylation sites (N-methyl/N-ethyl adjacent to an activating group) is 2. The quantitative estimate of drug-likeness (QED) is 0.798. The van der Waals surface area contributed by atoms with Crippen molar-refractivity contribution in [3.05, 3.63) is 23.8 Å². The molecule has 2 atom stereocenters. The van der Waals surface area contributed by atoms with E-state index in [0.717, 1.165) is 37.1 Å². The molecule has 2 unspecified atom stereocenters. The third kappa shape index (κ3) is 4.11. The van der Waals surface area contributed by atoms with E-state index < -0.39 is 0 Å². The van der Waals surface area contributed by atoms with Gasteiger partial charge in [-0.1, -0.05) is 33.3 Å². The summed E-state index contributed by atoms with van der Waals surface area (Å²) in [5.74, 6) is 2.44. The first-order valence-electron chi connectivity index (χ1n) is 7.97. The van der Waals surface area contributed by atoms with E-state index in [0.29, 0.717) is 12.8 Å². The summed E-state index contributed by atoms with van der Waals surface area (Å²) in [6, 6.07) is 6.54. The Labute approximate surface area is 128 Å². The molecule has 1 aliphatic rings. The maximum Gasteiger partial charge on any atom is 0.231 e. The Morgan fingerprint density at radius 1 is 1.19 bits per heavy atom. The molecular weight excluding hydrogens is 264 g/mol. The predicted octanol–water partition coefficient (Wildman–Crippen LogP) is 3.04. The lowest BCUT2D eigenvalue weighted by Gasteiger charge is -2.28. The van der Waals surface area contributed by atoms with Crippen molar-refractivity contribution in [2.24, 2.45) is 5.92 Å². The molecule has 1 aromatic rings. The van der Waals surface area contributed by atoms with Gasteiger partial charge in [0.1, 0.15) is 0 Å². The smallest absolute Gasteiger partial charge is 0.231 e. The molecule has 1 N–H and O–H groups in total. The topological polar surface area (TPSA) is 33.7 Å². The normalized spacial score (nSPS) is 16.2. The largest absolute Gasteiger partial charge is 0.454 e. The van der Waals surface area contributed by atoms with Crippen molar-refractivity contribution in [2.75, 3.05) is 33.5 Å². The van der Waals surface area contributed by atoms with Crippen LogP contribution in [-0.4, -0.2) is 38.4 Å². The second kappa shape index (κ2) is 7.66. The van der Waals surface area contributed by atoms with E-state index in [1.54, 1.807) is 0 Å². The minimum Gasteiger partial charge on any atom is -0.454 e. The van der Waals surface area contributed by atoms with Gasteiger partial charge >= 0.3 is 0 Å². The van der Waals surface area contributed by atoms with Gasteiger partial charge in [-0.25, -0.2) is 0 Å². The van der Waals surface area contributed by atoms with Crippen molar-refractivity contribution in [3.63, 3.8) is 0 Å². The molecule has 21 heavy (non-hydrogen) atoms. The lowest BCUT2D eigenvalue weighted by molar-refractivity contribution is 0.174. The fraction of sp³-hybridized carbons (Fsp3) is 0.647. The standard InChI is InChI=1S/C17H28N2O2/c1-5-13(3)10-19(6-2)11-15(18-4)14-7-8-16-17(9-14)21-12-20-16/h7-9,13,15,18H,5-6,10-12H2,1-4H3. The monoisotopic (exact) mass is 292 g/mol. The predicted molar refractivity (Wildman–Crippen MR) is 85.9 cm³/mol. The number of nitrogens with one attached hydrogen (secondary N) is 1. The van der Waals surface area contributed by atoms with E-state index in [9.17, 15) is 0 Å². The van der Waals surface area contributed by atoms with Crippen LogP contribution in [0.3, 0.4) is 0 Å². The Morgan fingerprint density at radius 3 is 2.62 bits per heavy atom. The maximum absolute atomic E-state index is 5.48. The van der Waals surface area contributed by atoms with E-state index in [-0.39, 0.29) is 0 Å². The summed E-state index contributed by atoms with van der Waals surface area (Å²) in [4.78, 5) is 2.51. The second-order valence-electron chi connectivity index (χ2n) is 5.82. The molecule has 1 heterocycles. The SMILES string of the molecule is CCC(C)CN(CC)CC(NC)c1ccc2c(c1)OCO2. The zero-order valence-corrected chi connectivity index (χ0v) is 13.7. The van der Waals surface area contributed by atoms with Crippen molar-refractivity contribution in [1.29, 1.82) is 0 Å². The summed E-state index contributed by atoms with van der Waals surface area (Å²) in [6.45, 7) is 10.4. The van der Waals surface area contributed by atoms with Crippen molar-refractivity contribution < 1.29 is 9.47 Å². The highest BCUT2D eigenvalue weighted by molar-refractivity contribution is 5.45. The molecule has 0 saturated heterocycles. The van der Waals surface area contributed by atoms with Crippen LogP contribution in [0.25, 0.3) is 0 Å². The van der Waals surface area contributed by atoms with Gasteiger partial charge < -0.3 is 19.7 Å². The highest BCUT2D eigenvalue weighted by Gasteiger charge is 2.19. The average molecular weight is 292 g/mol. The fourth-order valence-electron chi connectivity index (χ4n) is 2.65. The van der Waals surface area contributed by atoms with Gasteiger partial charge in [-0.15, -0.1) is 0 Å². The zero-order chi connectivity index (χ0) is 15.2. The van der Waals surface area contributed by atoms with E-state index in [4.69, 9.17) is 9.47 Å². The summed E-state index contributed by atoms with van der Waals surface area (Å²) < 4.78 is 10.9. The molecule has 118 valence electrons. The van der Waals surface area contributed by atoms with Crippen LogP contribution >= 0.6 is 0 Å². The average Bonchev–Trinajstić information content (AvgIpc) is 2.98. The summed E-state index contributed by atoms with van der Waals surface area (Å²) >= 11 is 0. The lowest BCUT2D eigenvalue weighted by atomic mass is 10.0. The van der Waals surface area contributed by atoms with Gasteiger partial charge in [-0.3, -0.25) is 0 Å². The van der Waals surface area contributed by atoms with Crippen LogP contribution in [0.1, 0.15) is 38.8 Å². The molecule has 0 radical (unpaired) electrons. The highest BCUT2D eigenvalue weighted by atomic mass is 16.7. The Kier molecular flexibility index (Phi) is 5.88. The third-order valence-corrected chi connectivity index (χ3v) is 4.30. The number of fused-ring (bicyclic) bond motifs is 1. The van der Waals surface area contributed by atoms with Crippen LogP contribution in [-0.2, 0) is 0 Å². The van der Waals surface area contributed by atoms with Crippen LogP contribution in [0.5, 0.6) is 11.5 Å². The summed E-state index contributed by atoms with van der Waals surface area (Å²) in [5.41, 5.74) is 1.25. The van der Waals surface area contributed by atoms with E-state index in [1.165, 1.54) is 12.0 Å². The number of nitrogens with zero attached hydrogens (tertiary/aromatic N) is 1. The van der Waals surface area contributed by atoms with Gasteiger partial charge in [0, 0.05) is 19.1 Å². The summed E-state index contributed by atoms with van der Waals surface area (Å²) in [5, 5.41) is 3.43. The number of hydrogen-bond acceptors (Lipinski definition) is 4. The molecule has 0 saturated carbocycles. The van der Waals surface area contributed by atoms with E-state index in [1.807, 2.05) is 13.1 Å². The molecule has 1 aromatic carbocycles. The molecule has 4 heteroatoms. The molecule has 0 aliphatic carbocycles. The van der Waals surface area contributed by atoms with Crippen molar-refractivity contribution in [1.82, 2.24) is 10.2 Å². The van der Waals surface area contributed by atoms with E-state index >= 15 is 0 Å². The number of ether oxygens (including phenoxy) is 2. The van der Waals surface area contributed by atoms with Crippen molar-refractivity contribution in [2.45, 2.75) is 33.2 Å². The molecule has 2 rings (SSSR count). The Morgan fingerprint density at radius 2 is 1.95 bits per heavy atom. The molecule has 1 aliphatic heterocycles. The molecule has 4 nitrogen and oxygen atoms in total. The Hall–Kier alpha value is -1.26. The minimum atomic E-state index is 0.309. The Bertz CT molecular complexity index is 450. The minimum absolute atomic E-state index is 0.309. The van der Waals surface area contributed by atoms with Crippen molar-refractivity contribution in [3.8, 4) is 11.5 Å².